The number of benzene rings is 2. The third-order valence-corrected chi connectivity index (χ3v) is 7.54. The number of alkyl carbamates (subject to hydrolysis) is 1. The smallest absolute Gasteiger partial charge is 0.408 e. The highest BCUT2D eigenvalue weighted by Gasteiger charge is 2.37. The number of hydrogen-bond donors (Lipinski definition) is 2. The van der Waals surface area contributed by atoms with E-state index in [1.165, 1.54) is 0 Å². The number of nitrogens with one attached hydrogen (secondary N) is 2. The summed E-state index contributed by atoms with van der Waals surface area (Å²) in [5, 5.41) is 6.06. The largest absolute Gasteiger partial charge is 0.444 e. The van der Waals surface area contributed by atoms with Crippen LogP contribution in [0.15, 0.2) is 48.5 Å². The van der Waals surface area contributed by atoms with Gasteiger partial charge in [-0.3, -0.25) is 9.59 Å². The lowest BCUT2D eigenvalue weighted by atomic mass is 9.92. The van der Waals surface area contributed by atoms with Crippen LogP contribution >= 0.6 is 0 Å². The quantitative estimate of drug-likeness (QED) is 0.196. The molecule has 0 fully saturated rings. The van der Waals surface area contributed by atoms with Gasteiger partial charge in [-0.25, -0.2) is 4.79 Å². The molecule has 3 amide bonds. The third-order valence-electron chi connectivity index (χ3n) is 7.54. The molecule has 0 aliphatic carbocycles. The highest BCUT2D eigenvalue weighted by molar-refractivity contribution is 5.92. The summed E-state index contributed by atoms with van der Waals surface area (Å²) in [5.74, 6) is -0.493. The van der Waals surface area contributed by atoms with Gasteiger partial charge in [0.05, 0.1) is 0 Å². The molecule has 0 aliphatic rings. The van der Waals surface area contributed by atoms with Crippen molar-refractivity contribution in [3.8, 4) is 0 Å². The summed E-state index contributed by atoms with van der Waals surface area (Å²) in [6, 6.07) is 13.8. The second-order valence-electron chi connectivity index (χ2n) is 12.7. The highest BCUT2D eigenvalue weighted by atomic mass is 16.6. The lowest BCUT2D eigenvalue weighted by molar-refractivity contribution is -0.143. The second-order valence-corrected chi connectivity index (χ2v) is 12.7. The third kappa shape index (κ3) is 12.0. The average molecular weight is 594 g/mol. The van der Waals surface area contributed by atoms with Gasteiger partial charge in [0.2, 0.25) is 11.8 Å². The molecule has 2 aromatic rings. The summed E-state index contributed by atoms with van der Waals surface area (Å²) < 4.78 is 5.57. The van der Waals surface area contributed by atoms with Gasteiger partial charge >= 0.3 is 6.09 Å². The van der Waals surface area contributed by atoms with Crippen LogP contribution in [0.25, 0.3) is 0 Å². The number of ether oxygens (including phenoxy) is 1. The number of aryl methyl sites for hydroxylation is 2. The van der Waals surface area contributed by atoms with Crippen LogP contribution in [0.3, 0.4) is 0 Å². The van der Waals surface area contributed by atoms with Crippen molar-refractivity contribution in [2.75, 3.05) is 6.54 Å². The molecule has 0 spiro atoms. The van der Waals surface area contributed by atoms with Gasteiger partial charge in [-0.05, 0) is 76.6 Å². The van der Waals surface area contributed by atoms with Crippen LogP contribution in [-0.2, 0) is 20.7 Å². The van der Waals surface area contributed by atoms with Gasteiger partial charge < -0.3 is 20.3 Å². The summed E-state index contributed by atoms with van der Waals surface area (Å²) in [7, 11) is 0. The normalized spacial score (nSPS) is 13.5. The molecule has 7 heteroatoms. The van der Waals surface area contributed by atoms with Crippen molar-refractivity contribution < 1.29 is 19.1 Å². The Bertz CT molecular complexity index is 1140. The topological polar surface area (TPSA) is 87.7 Å². The molecule has 0 bridgehead atoms. The Balaban J connectivity index is 2.61. The maximum atomic E-state index is 14.7. The SMILES string of the molecule is CCCCCCCN(C(=O)C(Cc1ccccc1)NC(=O)OC(C)(C)C)C(C(=O)NC(C)CCC)c1c(C)cccc1C. The summed E-state index contributed by atoms with van der Waals surface area (Å²) >= 11 is 0. The lowest BCUT2D eigenvalue weighted by Crippen LogP contribution is -2.54. The van der Waals surface area contributed by atoms with E-state index in [9.17, 15) is 14.4 Å². The minimum atomic E-state index is -0.916. The van der Waals surface area contributed by atoms with Crippen LogP contribution in [0.1, 0.15) is 115 Å². The van der Waals surface area contributed by atoms with Gasteiger partial charge in [-0.2, -0.15) is 0 Å². The maximum Gasteiger partial charge on any atom is 0.408 e. The first-order valence-electron chi connectivity index (χ1n) is 16.1. The zero-order valence-electron chi connectivity index (χ0n) is 27.8. The van der Waals surface area contributed by atoms with Gasteiger partial charge in [0.25, 0.3) is 0 Å². The number of hydrogen-bond acceptors (Lipinski definition) is 4. The van der Waals surface area contributed by atoms with Crippen LogP contribution in [0.5, 0.6) is 0 Å². The Kier molecular flexibility index (Phi) is 14.7. The van der Waals surface area contributed by atoms with Gasteiger partial charge in [-0.1, -0.05) is 94.5 Å². The highest BCUT2D eigenvalue weighted by Crippen LogP contribution is 2.30. The minimum absolute atomic E-state index is 0.0363. The van der Waals surface area contributed by atoms with Crippen molar-refractivity contribution in [1.29, 1.82) is 0 Å². The molecule has 3 unspecified atom stereocenters. The van der Waals surface area contributed by atoms with Gasteiger partial charge in [0.1, 0.15) is 17.7 Å². The number of carbonyl (C=O) groups is 3. The fourth-order valence-corrected chi connectivity index (χ4v) is 5.47. The van der Waals surface area contributed by atoms with E-state index >= 15 is 0 Å². The van der Waals surface area contributed by atoms with E-state index in [1.54, 1.807) is 25.7 Å². The molecule has 0 saturated heterocycles. The van der Waals surface area contributed by atoms with Gasteiger partial charge in [-0.15, -0.1) is 0 Å². The van der Waals surface area contributed by atoms with E-state index < -0.39 is 23.8 Å². The molecule has 2 N–H and O–H groups in total. The predicted octanol–water partition coefficient (Wildman–Crippen LogP) is 7.58. The molecule has 238 valence electrons. The fraction of sp³-hybridized carbons (Fsp3) is 0.583. The van der Waals surface area contributed by atoms with Crippen LogP contribution in [0.2, 0.25) is 0 Å². The van der Waals surface area contributed by atoms with Crippen LogP contribution in [0.4, 0.5) is 4.79 Å². The molecular formula is C36H55N3O4. The molecule has 0 radical (unpaired) electrons. The zero-order valence-corrected chi connectivity index (χ0v) is 27.8. The first kappa shape index (κ1) is 35.8. The summed E-state index contributed by atoms with van der Waals surface area (Å²) in [6.07, 6.45) is 6.42. The standard InChI is InChI=1S/C36H55N3O4/c1-9-11-12-13-17-24-39(32(33(40)37-28(5)19-10-2)31-26(3)20-18-21-27(31)4)34(41)30(25-29-22-15-14-16-23-29)38-35(42)43-36(6,7)8/h14-16,18,20-23,28,30,32H,9-13,17,19,24-25H2,1-8H3,(H,37,40)(H,38,42). The van der Waals surface area contributed by atoms with Crippen molar-refractivity contribution in [2.24, 2.45) is 0 Å². The molecule has 43 heavy (non-hydrogen) atoms. The summed E-state index contributed by atoms with van der Waals surface area (Å²) in [6.45, 7) is 16.0. The van der Waals surface area contributed by atoms with E-state index in [2.05, 4.69) is 24.5 Å². The van der Waals surface area contributed by atoms with Crippen molar-refractivity contribution in [3.63, 3.8) is 0 Å². The first-order valence-corrected chi connectivity index (χ1v) is 16.1. The molecule has 2 rings (SSSR count). The first-order chi connectivity index (χ1) is 20.4. The summed E-state index contributed by atoms with van der Waals surface area (Å²) in [5.41, 5.74) is 2.92. The average Bonchev–Trinajstić information content (AvgIpc) is 2.92. The molecule has 2 aromatic carbocycles. The lowest BCUT2D eigenvalue weighted by Gasteiger charge is -2.36. The Hall–Kier alpha value is -3.35. The molecule has 0 saturated carbocycles. The molecule has 3 atom stereocenters. The van der Waals surface area contributed by atoms with Crippen LogP contribution in [0, 0.1) is 13.8 Å². The number of amides is 3. The Labute approximate surface area is 260 Å². The van der Waals surface area contributed by atoms with E-state index in [0.29, 0.717) is 6.54 Å². The minimum Gasteiger partial charge on any atom is -0.444 e. The number of rotatable bonds is 16. The fourth-order valence-electron chi connectivity index (χ4n) is 5.47. The van der Waals surface area contributed by atoms with Crippen molar-refractivity contribution in [2.45, 2.75) is 130 Å². The molecule has 0 aliphatic heterocycles. The van der Waals surface area contributed by atoms with Gasteiger partial charge in [0, 0.05) is 19.0 Å². The second kappa shape index (κ2) is 17.7. The Morgan fingerprint density at radius 2 is 1.47 bits per heavy atom. The monoisotopic (exact) mass is 593 g/mol. The van der Waals surface area contributed by atoms with Crippen molar-refractivity contribution >= 4 is 17.9 Å². The molecule has 0 heterocycles. The number of nitrogens with zero attached hydrogens (tertiary/aromatic N) is 1. The Morgan fingerprint density at radius 3 is 2.05 bits per heavy atom. The Morgan fingerprint density at radius 1 is 0.837 bits per heavy atom. The van der Waals surface area contributed by atoms with Crippen molar-refractivity contribution in [3.05, 3.63) is 70.8 Å². The van der Waals surface area contributed by atoms with Crippen LogP contribution in [-0.4, -0.2) is 47.0 Å². The van der Waals surface area contributed by atoms with E-state index in [1.807, 2.05) is 69.3 Å². The number of unbranched alkanes of at least 4 members (excludes halogenated alkanes) is 4. The van der Waals surface area contributed by atoms with E-state index in [-0.39, 0.29) is 24.3 Å². The van der Waals surface area contributed by atoms with Crippen LogP contribution < -0.4 is 10.6 Å². The zero-order chi connectivity index (χ0) is 32.0. The van der Waals surface area contributed by atoms with E-state index in [4.69, 9.17) is 4.74 Å². The van der Waals surface area contributed by atoms with E-state index in [0.717, 1.165) is 67.2 Å². The molecule has 0 aromatic heterocycles. The molecule has 7 nitrogen and oxygen atoms in total. The maximum absolute atomic E-state index is 14.7. The van der Waals surface area contributed by atoms with Crippen molar-refractivity contribution in [1.82, 2.24) is 15.5 Å². The molecular weight excluding hydrogens is 538 g/mol. The van der Waals surface area contributed by atoms with Gasteiger partial charge in [0.15, 0.2) is 0 Å². The number of carbonyl (C=O) groups excluding carboxylic acids is 3. The predicted molar refractivity (Wildman–Crippen MR) is 175 cm³/mol. The summed E-state index contributed by atoms with van der Waals surface area (Å²) in [4.78, 5) is 43.6.